The van der Waals surface area contributed by atoms with E-state index in [1.807, 2.05) is 50.2 Å². The molecule has 4 aromatic carbocycles. The van der Waals surface area contributed by atoms with E-state index in [1.54, 1.807) is 76.6 Å². The molecule has 4 rings (SSSR count). The Morgan fingerprint density at radius 1 is 0.564 bits per heavy atom. The van der Waals surface area contributed by atoms with Crippen LogP contribution in [0.25, 0.3) is 22.3 Å². The minimum Gasteiger partial charge on any atom is -0.496 e. The summed E-state index contributed by atoms with van der Waals surface area (Å²) in [4.78, 5) is 23.7. The highest BCUT2D eigenvalue weighted by Crippen LogP contribution is 2.32. The number of ether oxygens (including phenoxy) is 6. The summed E-state index contributed by atoms with van der Waals surface area (Å²) >= 11 is 0. The summed E-state index contributed by atoms with van der Waals surface area (Å²) in [5.74, 6) is 0.444. The Bertz CT molecular complexity index is 1930. The molecule has 4 aromatic rings. The van der Waals surface area contributed by atoms with Crippen LogP contribution in [0.3, 0.4) is 0 Å². The average molecular weight is 771 g/mol. The van der Waals surface area contributed by atoms with Gasteiger partial charge in [-0.2, -0.15) is 0 Å². The van der Waals surface area contributed by atoms with E-state index >= 15 is 0 Å². The second kappa shape index (κ2) is 19.9. The number of hydrogen-bond donors (Lipinski definition) is 0. The van der Waals surface area contributed by atoms with E-state index in [9.17, 15) is 18.0 Å². The van der Waals surface area contributed by atoms with Crippen LogP contribution in [0.1, 0.15) is 38.8 Å². The van der Waals surface area contributed by atoms with Gasteiger partial charge in [-0.25, -0.2) is 18.0 Å². The number of rotatable bonds is 20. The fraction of sp³-hybridized carbons (Fsp3) is 0.318. The third-order valence-electron chi connectivity index (χ3n) is 8.57. The van der Waals surface area contributed by atoms with E-state index in [2.05, 4.69) is 13.2 Å². The van der Waals surface area contributed by atoms with Crippen molar-refractivity contribution in [2.75, 3.05) is 40.6 Å². The highest BCUT2D eigenvalue weighted by Gasteiger charge is 2.19. The van der Waals surface area contributed by atoms with Gasteiger partial charge in [0.05, 0.1) is 63.7 Å². The topological polar surface area (TPSA) is 124 Å². The van der Waals surface area contributed by atoms with Crippen LogP contribution in [-0.2, 0) is 51.6 Å². The van der Waals surface area contributed by atoms with Gasteiger partial charge in [-0.3, -0.25) is 0 Å². The fourth-order valence-electron chi connectivity index (χ4n) is 5.45. The van der Waals surface area contributed by atoms with Gasteiger partial charge in [0.1, 0.15) is 11.5 Å². The van der Waals surface area contributed by atoms with E-state index in [0.717, 1.165) is 33.4 Å². The number of hydrogen-bond acceptors (Lipinski definition) is 10. The van der Waals surface area contributed by atoms with E-state index in [4.69, 9.17) is 28.4 Å². The van der Waals surface area contributed by atoms with Crippen molar-refractivity contribution in [3.05, 3.63) is 120 Å². The first-order chi connectivity index (χ1) is 26.2. The minimum absolute atomic E-state index is 0.0162. The van der Waals surface area contributed by atoms with Gasteiger partial charge >= 0.3 is 11.9 Å². The Hall–Kier alpha value is -5.23. The zero-order valence-electron chi connectivity index (χ0n) is 32.4. The Morgan fingerprint density at radius 3 is 1.24 bits per heavy atom. The molecular weight excluding hydrogens is 721 g/mol. The van der Waals surface area contributed by atoms with E-state index in [-0.39, 0.29) is 48.1 Å². The van der Waals surface area contributed by atoms with Gasteiger partial charge in [0.15, 0.2) is 0 Å². The zero-order valence-corrected chi connectivity index (χ0v) is 33.2. The Labute approximate surface area is 324 Å². The zero-order chi connectivity index (χ0) is 40.1. The van der Waals surface area contributed by atoms with Crippen molar-refractivity contribution < 1.29 is 46.4 Å². The molecule has 0 amide bonds. The molecule has 0 N–H and O–H groups in total. The SMILES string of the molecule is C=C(C)C(=O)OCC(C)COCc1cc(-c2ccc(S(=O)(=O)c3ccc(-c4ccc(OC)c(COCC(C)COC(=O)C(=C)C)c4)cc3)cc2)ccc1OC. The summed E-state index contributed by atoms with van der Waals surface area (Å²) < 4.78 is 60.7. The summed E-state index contributed by atoms with van der Waals surface area (Å²) in [5.41, 5.74) is 5.76. The number of carbonyl (C=O) groups is 2. The quantitative estimate of drug-likeness (QED) is 0.0639. The molecule has 292 valence electrons. The van der Waals surface area contributed by atoms with Crippen molar-refractivity contribution in [1.29, 1.82) is 0 Å². The highest BCUT2D eigenvalue weighted by molar-refractivity contribution is 7.91. The maximum atomic E-state index is 13.7. The third-order valence-corrected chi connectivity index (χ3v) is 10.4. The first-order valence-electron chi connectivity index (χ1n) is 17.8. The summed E-state index contributed by atoms with van der Waals surface area (Å²) in [5, 5.41) is 0. The van der Waals surface area contributed by atoms with Crippen LogP contribution < -0.4 is 9.47 Å². The van der Waals surface area contributed by atoms with Crippen LogP contribution in [0.5, 0.6) is 11.5 Å². The third kappa shape index (κ3) is 11.9. The number of benzene rings is 4. The summed E-state index contributed by atoms with van der Waals surface area (Å²) in [6.07, 6.45) is 0. The van der Waals surface area contributed by atoms with Crippen LogP contribution in [0.4, 0.5) is 0 Å². The molecule has 0 aliphatic heterocycles. The maximum Gasteiger partial charge on any atom is 0.333 e. The highest BCUT2D eigenvalue weighted by atomic mass is 32.2. The lowest BCUT2D eigenvalue weighted by Crippen LogP contribution is -2.16. The van der Waals surface area contributed by atoms with Crippen LogP contribution in [0, 0.1) is 11.8 Å². The average Bonchev–Trinajstić information content (AvgIpc) is 3.18. The lowest BCUT2D eigenvalue weighted by atomic mass is 10.0. The monoisotopic (exact) mass is 770 g/mol. The predicted octanol–water partition coefficient (Wildman–Crippen LogP) is 8.41. The molecule has 0 saturated carbocycles. The number of methoxy groups -OCH3 is 2. The molecule has 0 radical (unpaired) electrons. The van der Waals surface area contributed by atoms with Crippen molar-refractivity contribution >= 4 is 21.8 Å². The molecule has 55 heavy (non-hydrogen) atoms. The molecule has 10 nitrogen and oxygen atoms in total. The molecular formula is C44H50O10S. The van der Waals surface area contributed by atoms with Crippen LogP contribution >= 0.6 is 0 Å². The van der Waals surface area contributed by atoms with E-state index < -0.39 is 21.8 Å². The maximum absolute atomic E-state index is 13.7. The number of esters is 2. The van der Waals surface area contributed by atoms with Gasteiger partial charge in [0.2, 0.25) is 9.84 Å². The molecule has 2 unspecified atom stereocenters. The predicted molar refractivity (Wildman–Crippen MR) is 211 cm³/mol. The van der Waals surface area contributed by atoms with Crippen molar-refractivity contribution in [3.63, 3.8) is 0 Å². The second-order valence-electron chi connectivity index (χ2n) is 13.6. The van der Waals surface area contributed by atoms with Gasteiger partial charge in [-0.05, 0) is 84.6 Å². The van der Waals surface area contributed by atoms with Crippen molar-refractivity contribution in [2.24, 2.45) is 11.8 Å². The molecule has 0 heterocycles. The fourth-order valence-corrected chi connectivity index (χ4v) is 6.71. The number of sulfone groups is 1. The van der Waals surface area contributed by atoms with Crippen LogP contribution in [0.15, 0.2) is 119 Å². The Kier molecular flexibility index (Phi) is 15.4. The molecule has 0 spiro atoms. The molecule has 0 fully saturated rings. The molecule has 0 saturated heterocycles. The molecule has 0 aliphatic rings. The van der Waals surface area contributed by atoms with Crippen molar-refractivity contribution in [3.8, 4) is 33.8 Å². The molecule has 0 bridgehead atoms. The van der Waals surface area contributed by atoms with E-state index in [1.165, 1.54) is 0 Å². The summed E-state index contributed by atoms with van der Waals surface area (Å²) in [7, 11) is -0.617. The first-order valence-corrected chi connectivity index (χ1v) is 19.3. The molecule has 0 aliphatic carbocycles. The van der Waals surface area contributed by atoms with Gasteiger partial charge in [-0.15, -0.1) is 0 Å². The van der Waals surface area contributed by atoms with Crippen LogP contribution in [0.2, 0.25) is 0 Å². The first kappa shape index (κ1) is 42.5. The van der Waals surface area contributed by atoms with Crippen molar-refractivity contribution in [1.82, 2.24) is 0 Å². The molecule has 2 atom stereocenters. The summed E-state index contributed by atoms with van der Waals surface area (Å²) in [6, 6.07) is 25.0. The molecule has 11 heteroatoms. The summed E-state index contributed by atoms with van der Waals surface area (Å²) in [6.45, 7) is 16.0. The van der Waals surface area contributed by atoms with E-state index in [0.29, 0.717) is 35.9 Å². The van der Waals surface area contributed by atoms with Gasteiger partial charge < -0.3 is 28.4 Å². The van der Waals surface area contributed by atoms with Gasteiger partial charge in [-0.1, -0.05) is 63.4 Å². The molecule has 0 aromatic heterocycles. The smallest absolute Gasteiger partial charge is 0.333 e. The van der Waals surface area contributed by atoms with Gasteiger partial charge in [0.25, 0.3) is 0 Å². The van der Waals surface area contributed by atoms with Gasteiger partial charge in [0, 0.05) is 34.1 Å². The van der Waals surface area contributed by atoms with Crippen molar-refractivity contribution in [2.45, 2.75) is 50.7 Å². The van der Waals surface area contributed by atoms with Crippen LogP contribution in [-0.4, -0.2) is 61.0 Å². The number of carbonyl (C=O) groups excluding carboxylic acids is 2. The lowest BCUT2D eigenvalue weighted by molar-refractivity contribution is -0.141. The minimum atomic E-state index is -3.80. The largest absolute Gasteiger partial charge is 0.496 e. The Balaban J connectivity index is 1.40. The normalized spacial score (nSPS) is 12.3. The Morgan fingerprint density at radius 2 is 0.909 bits per heavy atom. The second-order valence-corrected chi connectivity index (χ2v) is 15.6. The lowest BCUT2D eigenvalue weighted by Gasteiger charge is -2.15. The standard InChI is InChI=1S/C44H50O10S/c1-29(2)43(45)53-25-31(5)23-51-27-37-21-35(13-19-41(37)49-7)33-9-15-39(16-10-33)55(47,48)40-17-11-34(12-18-40)36-14-20-42(50-8)38(22-36)28-52-24-32(6)26-54-44(46)30(3)4/h9-22,31-32H,1,3,23-28H2,2,4-8H3.